The highest BCUT2D eigenvalue weighted by atomic mass is 32.1. The number of fused-ring (bicyclic) bond motifs is 1. The smallest absolute Gasteiger partial charge is 0.335 e. The Bertz CT molecular complexity index is 708. The molecule has 0 saturated carbocycles. The minimum absolute atomic E-state index is 0.343. The van der Waals surface area contributed by atoms with E-state index in [0.29, 0.717) is 5.56 Å². The van der Waals surface area contributed by atoms with Crippen molar-refractivity contribution in [1.29, 1.82) is 0 Å². The minimum atomic E-state index is -0.874. The van der Waals surface area contributed by atoms with E-state index in [1.165, 1.54) is 20.5 Å². The fourth-order valence-electron chi connectivity index (χ4n) is 2.24. The number of aryl methyl sites for hydroxylation is 2. The summed E-state index contributed by atoms with van der Waals surface area (Å²) in [6.07, 6.45) is 1.93. The summed E-state index contributed by atoms with van der Waals surface area (Å²) in [5, 5.41) is 10.2. The molecule has 1 heterocycles. The number of benzene rings is 2. The molecule has 0 aliphatic carbocycles. The summed E-state index contributed by atoms with van der Waals surface area (Å²) >= 11 is 1.83. The van der Waals surface area contributed by atoms with Crippen LogP contribution in [0.4, 0.5) is 0 Å². The second kappa shape index (κ2) is 5.47. The van der Waals surface area contributed by atoms with Crippen LogP contribution in [0, 0.1) is 0 Å². The maximum Gasteiger partial charge on any atom is 0.335 e. The van der Waals surface area contributed by atoms with Crippen LogP contribution in [0.1, 0.15) is 20.8 Å². The van der Waals surface area contributed by atoms with Gasteiger partial charge in [0.15, 0.2) is 0 Å². The predicted octanol–water partition coefficient (Wildman–Crippen LogP) is 4.38. The quantitative estimate of drug-likeness (QED) is 0.770. The van der Waals surface area contributed by atoms with Crippen LogP contribution in [0.25, 0.3) is 10.1 Å². The maximum absolute atomic E-state index is 10.8. The molecule has 3 rings (SSSR count). The van der Waals surface area contributed by atoms with Crippen LogP contribution < -0.4 is 0 Å². The van der Waals surface area contributed by atoms with Gasteiger partial charge in [0.1, 0.15) is 0 Å². The highest BCUT2D eigenvalue weighted by Gasteiger charge is 2.04. The molecule has 20 heavy (non-hydrogen) atoms. The molecule has 0 amide bonds. The van der Waals surface area contributed by atoms with Crippen LogP contribution in [-0.2, 0) is 12.8 Å². The van der Waals surface area contributed by atoms with Crippen LogP contribution in [0.3, 0.4) is 0 Å². The van der Waals surface area contributed by atoms with Gasteiger partial charge in [-0.05, 0) is 48.1 Å². The molecular weight excluding hydrogens is 268 g/mol. The first-order valence-corrected chi connectivity index (χ1v) is 7.34. The third kappa shape index (κ3) is 2.73. The van der Waals surface area contributed by atoms with Gasteiger partial charge in [0.25, 0.3) is 0 Å². The van der Waals surface area contributed by atoms with Crippen LogP contribution in [0.2, 0.25) is 0 Å². The first-order valence-electron chi connectivity index (χ1n) is 6.52. The molecule has 0 aliphatic rings. The summed E-state index contributed by atoms with van der Waals surface area (Å²) in [6.45, 7) is 0. The molecule has 0 aliphatic heterocycles. The monoisotopic (exact) mass is 282 g/mol. The first kappa shape index (κ1) is 12.9. The lowest BCUT2D eigenvalue weighted by Crippen LogP contribution is -1.96. The number of carboxylic acids is 1. The molecule has 1 N–H and O–H groups in total. The largest absolute Gasteiger partial charge is 0.478 e. The van der Waals surface area contributed by atoms with Crippen LogP contribution in [-0.4, -0.2) is 11.1 Å². The van der Waals surface area contributed by atoms with Crippen molar-refractivity contribution in [2.75, 3.05) is 0 Å². The van der Waals surface area contributed by atoms with Crippen molar-refractivity contribution in [3.63, 3.8) is 0 Å². The zero-order chi connectivity index (χ0) is 13.9. The summed E-state index contributed by atoms with van der Waals surface area (Å²) < 4.78 is 1.32. The lowest BCUT2D eigenvalue weighted by atomic mass is 10.1. The van der Waals surface area contributed by atoms with Gasteiger partial charge in [-0.15, -0.1) is 11.3 Å². The molecule has 0 radical (unpaired) electrons. The normalized spacial score (nSPS) is 10.8. The van der Waals surface area contributed by atoms with Gasteiger partial charge in [0.05, 0.1) is 5.56 Å². The Morgan fingerprint density at radius 1 is 1.00 bits per heavy atom. The zero-order valence-electron chi connectivity index (χ0n) is 10.9. The highest BCUT2D eigenvalue weighted by molar-refractivity contribution is 7.19. The van der Waals surface area contributed by atoms with E-state index in [2.05, 4.69) is 30.3 Å². The van der Waals surface area contributed by atoms with E-state index < -0.39 is 5.97 Å². The van der Waals surface area contributed by atoms with Crippen LogP contribution in [0.15, 0.2) is 54.6 Å². The van der Waals surface area contributed by atoms with E-state index in [1.807, 2.05) is 23.5 Å². The second-order valence-corrected chi connectivity index (χ2v) is 5.92. The van der Waals surface area contributed by atoms with Crippen molar-refractivity contribution in [2.45, 2.75) is 12.8 Å². The van der Waals surface area contributed by atoms with E-state index in [0.717, 1.165) is 12.8 Å². The van der Waals surface area contributed by atoms with Crippen molar-refractivity contribution in [3.8, 4) is 0 Å². The van der Waals surface area contributed by atoms with Gasteiger partial charge in [-0.2, -0.15) is 0 Å². The molecule has 2 nitrogen and oxygen atoms in total. The topological polar surface area (TPSA) is 37.3 Å². The molecule has 0 atom stereocenters. The maximum atomic E-state index is 10.8. The molecule has 1 aromatic heterocycles. The predicted molar refractivity (Wildman–Crippen MR) is 82.6 cm³/mol. The average molecular weight is 282 g/mol. The van der Waals surface area contributed by atoms with Gasteiger partial charge in [0.2, 0.25) is 0 Å². The lowest BCUT2D eigenvalue weighted by molar-refractivity contribution is 0.0697. The van der Waals surface area contributed by atoms with Crippen LogP contribution >= 0.6 is 11.3 Å². The third-order valence-electron chi connectivity index (χ3n) is 3.34. The molecule has 2 aromatic carbocycles. The molecule has 0 bridgehead atoms. The van der Waals surface area contributed by atoms with Gasteiger partial charge in [-0.1, -0.05) is 30.3 Å². The van der Waals surface area contributed by atoms with E-state index >= 15 is 0 Å². The molecular formula is C17H14O2S. The molecule has 0 saturated heterocycles. The van der Waals surface area contributed by atoms with Gasteiger partial charge in [-0.3, -0.25) is 0 Å². The Balaban J connectivity index is 1.71. The van der Waals surface area contributed by atoms with Gasteiger partial charge in [0, 0.05) is 9.58 Å². The molecule has 0 unspecified atom stereocenters. The van der Waals surface area contributed by atoms with E-state index in [9.17, 15) is 4.79 Å². The fraction of sp³-hybridized carbons (Fsp3) is 0.118. The number of hydrogen-bond acceptors (Lipinski definition) is 2. The summed E-state index contributed by atoms with van der Waals surface area (Å²) in [4.78, 5) is 12.2. The van der Waals surface area contributed by atoms with Crippen molar-refractivity contribution >= 4 is 27.4 Å². The van der Waals surface area contributed by atoms with Crippen molar-refractivity contribution in [2.24, 2.45) is 0 Å². The van der Waals surface area contributed by atoms with E-state index in [-0.39, 0.29) is 0 Å². The van der Waals surface area contributed by atoms with Crippen LogP contribution in [0.5, 0.6) is 0 Å². The average Bonchev–Trinajstić information content (AvgIpc) is 2.88. The SMILES string of the molecule is O=C(O)c1ccc(CCc2cc3ccccc3s2)cc1. The number of carbonyl (C=O) groups is 1. The minimum Gasteiger partial charge on any atom is -0.478 e. The Labute approximate surface area is 121 Å². The van der Waals surface area contributed by atoms with Crippen molar-refractivity contribution in [3.05, 3.63) is 70.6 Å². The van der Waals surface area contributed by atoms with Gasteiger partial charge < -0.3 is 5.11 Å². The summed E-state index contributed by atoms with van der Waals surface area (Å²) in [5.74, 6) is -0.874. The van der Waals surface area contributed by atoms with Gasteiger partial charge >= 0.3 is 5.97 Å². The standard InChI is InChI=1S/C17H14O2S/c18-17(19)13-8-5-12(6-9-13)7-10-15-11-14-3-1-2-4-16(14)20-15/h1-6,8-9,11H,7,10H2,(H,18,19). The molecule has 3 aromatic rings. The van der Waals surface area contributed by atoms with Crippen molar-refractivity contribution in [1.82, 2.24) is 0 Å². The summed E-state index contributed by atoms with van der Waals surface area (Å²) in [6, 6.07) is 17.8. The number of aromatic carboxylic acids is 1. The second-order valence-electron chi connectivity index (χ2n) is 4.75. The number of carboxylic acid groups (broad SMARTS) is 1. The molecule has 100 valence electrons. The molecule has 0 spiro atoms. The Hall–Kier alpha value is -2.13. The molecule has 0 fully saturated rings. The van der Waals surface area contributed by atoms with Crippen molar-refractivity contribution < 1.29 is 9.90 Å². The molecule has 3 heteroatoms. The number of rotatable bonds is 4. The van der Waals surface area contributed by atoms with E-state index in [4.69, 9.17) is 5.11 Å². The fourth-order valence-corrected chi connectivity index (χ4v) is 3.31. The Kier molecular flexibility index (Phi) is 3.52. The third-order valence-corrected chi connectivity index (χ3v) is 4.51. The van der Waals surface area contributed by atoms with Gasteiger partial charge in [-0.25, -0.2) is 4.79 Å². The number of thiophene rings is 1. The Morgan fingerprint density at radius 2 is 1.75 bits per heavy atom. The summed E-state index contributed by atoms with van der Waals surface area (Å²) in [7, 11) is 0. The number of hydrogen-bond donors (Lipinski definition) is 1. The lowest BCUT2D eigenvalue weighted by Gasteiger charge is -2.00. The highest BCUT2D eigenvalue weighted by Crippen LogP contribution is 2.26. The first-order chi connectivity index (χ1) is 9.72. The summed E-state index contributed by atoms with van der Waals surface area (Å²) in [5.41, 5.74) is 1.52. The van der Waals surface area contributed by atoms with E-state index in [1.54, 1.807) is 12.1 Å². The zero-order valence-corrected chi connectivity index (χ0v) is 11.7. The Morgan fingerprint density at radius 3 is 2.45 bits per heavy atom.